The lowest BCUT2D eigenvalue weighted by Crippen LogP contribution is -2.35. The topological polar surface area (TPSA) is 112 Å². The van der Waals surface area contributed by atoms with Crippen molar-refractivity contribution >= 4 is 23.3 Å². The van der Waals surface area contributed by atoms with Gasteiger partial charge in [-0.25, -0.2) is 19.6 Å². The molecule has 172 valence electrons. The second-order valence-electron chi connectivity index (χ2n) is 8.14. The van der Waals surface area contributed by atoms with E-state index in [1.54, 1.807) is 16.9 Å². The molecule has 4 aromatic rings. The van der Waals surface area contributed by atoms with Crippen molar-refractivity contribution in [2.24, 2.45) is 0 Å². The molecule has 2 aliphatic heterocycles. The average molecular weight is 477 g/mol. The first-order chi connectivity index (χ1) is 16.7. The minimum Gasteiger partial charge on any atom is -0.491 e. The molecule has 0 saturated carbocycles. The van der Waals surface area contributed by atoms with E-state index in [0.29, 0.717) is 47.1 Å². The number of carbonyl (C=O) groups is 1. The molecule has 10 nitrogen and oxygen atoms in total. The molecule has 1 amide bonds. The number of pyridine rings is 1. The van der Waals surface area contributed by atoms with Crippen molar-refractivity contribution in [2.45, 2.75) is 25.4 Å². The number of carbonyl (C=O) groups excluding carboxylic acids is 1. The molecule has 0 radical (unpaired) electrons. The maximum atomic E-state index is 12.5. The zero-order chi connectivity index (χ0) is 23.1. The third-order valence-corrected chi connectivity index (χ3v) is 6.28. The fourth-order valence-corrected chi connectivity index (χ4v) is 4.51. The first-order valence-corrected chi connectivity index (χ1v) is 11.4. The summed E-state index contributed by atoms with van der Waals surface area (Å²) in [6.07, 6.45) is 6.91. The first-order valence-electron chi connectivity index (χ1n) is 11.1. The number of hydrogen-bond acceptors (Lipinski definition) is 7. The largest absolute Gasteiger partial charge is 0.491 e. The number of rotatable bonds is 4. The van der Waals surface area contributed by atoms with Crippen molar-refractivity contribution in [3.8, 4) is 34.3 Å². The Kier molecular flexibility index (Phi) is 5.23. The van der Waals surface area contributed by atoms with E-state index in [1.165, 1.54) is 6.33 Å². The van der Waals surface area contributed by atoms with Gasteiger partial charge in [-0.2, -0.15) is 5.10 Å². The van der Waals surface area contributed by atoms with Crippen LogP contribution in [0.2, 0.25) is 5.02 Å². The average Bonchev–Trinajstić information content (AvgIpc) is 3.59. The quantitative estimate of drug-likeness (QED) is 0.465. The normalized spacial score (nSPS) is 16.9. The summed E-state index contributed by atoms with van der Waals surface area (Å²) in [4.78, 5) is 26.2. The van der Waals surface area contributed by atoms with E-state index in [9.17, 15) is 4.79 Å². The van der Waals surface area contributed by atoms with Crippen LogP contribution in [-0.4, -0.2) is 54.4 Å². The molecule has 1 fully saturated rings. The summed E-state index contributed by atoms with van der Waals surface area (Å²) in [5, 5.41) is 11.0. The van der Waals surface area contributed by atoms with Crippen LogP contribution in [0, 0.1) is 0 Å². The zero-order valence-electron chi connectivity index (χ0n) is 18.1. The molecule has 1 saturated heterocycles. The lowest BCUT2D eigenvalue weighted by molar-refractivity contribution is -0.117. The van der Waals surface area contributed by atoms with Gasteiger partial charge in [-0.05, 0) is 31.5 Å². The fourth-order valence-electron chi connectivity index (χ4n) is 4.29. The highest BCUT2D eigenvalue weighted by Gasteiger charge is 2.25. The van der Waals surface area contributed by atoms with E-state index < -0.39 is 0 Å². The summed E-state index contributed by atoms with van der Waals surface area (Å²) in [6, 6.07) is 9.02. The Bertz CT molecular complexity index is 1380. The number of nitrogens with one attached hydrogen (secondary N) is 2. The summed E-state index contributed by atoms with van der Waals surface area (Å²) in [6.45, 7) is 1.91. The van der Waals surface area contributed by atoms with E-state index in [0.717, 1.165) is 30.6 Å². The van der Waals surface area contributed by atoms with Gasteiger partial charge in [0.2, 0.25) is 5.91 Å². The molecule has 2 aliphatic rings. The number of amides is 1. The van der Waals surface area contributed by atoms with Gasteiger partial charge in [0.05, 0.1) is 28.9 Å². The highest BCUT2D eigenvalue weighted by Crippen LogP contribution is 2.35. The van der Waals surface area contributed by atoms with Crippen molar-refractivity contribution in [2.75, 3.05) is 18.5 Å². The molecule has 0 spiro atoms. The molecule has 3 aromatic heterocycles. The molecular weight excluding hydrogens is 456 g/mol. The number of halogens is 1. The van der Waals surface area contributed by atoms with Crippen LogP contribution in [0.15, 0.2) is 49.1 Å². The number of aromatic nitrogens is 6. The second-order valence-corrected chi connectivity index (χ2v) is 8.55. The van der Waals surface area contributed by atoms with Crippen LogP contribution in [0.3, 0.4) is 0 Å². The standard InChI is InChI=1S/C23H21ClN8O2/c24-15-4-1-2-6-18(15)32-22(27-13-28-32)17-12-31-8-9-34-19-10-20(26-11-14(19)21(31)29-17)30-23(33)16-5-3-7-25-16/h1-2,4,6,10-13,16,25H,3,5,7-9H2,(H,26,30,33)/t16-/m0/s1. The summed E-state index contributed by atoms with van der Waals surface area (Å²) in [7, 11) is 0. The molecule has 34 heavy (non-hydrogen) atoms. The summed E-state index contributed by atoms with van der Waals surface area (Å²) >= 11 is 6.38. The summed E-state index contributed by atoms with van der Waals surface area (Å²) in [5.74, 6) is 2.28. The molecule has 0 unspecified atom stereocenters. The van der Waals surface area contributed by atoms with Gasteiger partial charge in [0.15, 0.2) is 5.82 Å². The number of benzene rings is 1. The van der Waals surface area contributed by atoms with Gasteiger partial charge in [-0.1, -0.05) is 23.7 Å². The Morgan fingerprint density at radius 1 is 1.24 bits per heavy atom. The third kappa shape index (κ3) is 3.70. The molecule has 2 N–H and O–H groups in total. The number of nitrogens with zero attached hydrogens (tertiary/aromatic N) is 6. The second kappa shape index (κ2) is 8.54. The van der Waals surface area contributed by atoms with Crippen molar-refractivity contribution in [1.29, 1.82) is 0 Å². The van der Waals surface area contributed by atoms with Crippen LogP contribution in [0.5, 0.6) is 5.75 Å². The predicted octanol–water partition coefficient (Wildman–Crippen LogP) is 2.93. The third-order valence-electron chi connectivity index (χ3n) is 5.96. The van der Waals surface area contributed by atoms with E-state index >= 15 is 0 Å². The van der Waals surface area contributed by atoms with Gasteiger partial charge in [0.25, 0.3) is 0 Å². The Balaban J connectivity index is 1.33. The summed E-state index contributed by atoms with van der Waals surface area (Å²) in [5.41, 5.74) is 2.12. The minimum absolute atomic E-state index is 0.0822. The van der Waals surface area contributed by atoms with Crippen molar-refractivity contribution < 1.29 is 9.53 Å². The number of hydrogen-bond donors (Lipinski definition) is 2. The van der Waals surface area contributed by atoms with Crippen LogP contribution in [-0.2, 0) is 11.3 Å². The number of imidazole rings is 1. The molecule has 6 rings (SSSR count). The van der Waals surface area contributed by atoms with Crippen LogP contribution < -0.4 is 15.4 Å². The van der Waals surface area contributed by atoms with E-state index in [4.69, 9.17) is 21.3 Å². The van der Waals surface area contributed by atoms with Gasteiger partial charge in [0.1, 0.15) is 36.0 Å². The predicted molar refractivity (Wildman–Crippen MR) is 126 cm³/mol. The van der Waals surface area contributed by atoms with Gasteiger partial charge in [0, 0.05) is 18.5 Å². The molecule has 0 aliphatic carbocycles. The lowest BCUT2D eigenvalue weighted by atomic mass is 10.2. The number of ether oxygens (including phenoxy) is 1. The number of para-hydroxylation sites is 1. The Morgan fingerprint density at radius 3 is 3.00 bits per heavy atom. The zero-order valence-corrected chi connectivity index (χ0v) is 18.9. The van der Waals surface area contributed by atoms with Gasteiger partial charge >= 0.3 is 0 Å². The van der Waals surface area contributed by atoms with Crippen molar-refractivity contribution in [3.63, 3.8) is 0 Å². The minimum atomic E-state index is -0.182. The van der Waals surface area contributed by atoms with Crippen LogP contribution >= 0.6 is 11.6 Å². The maximum Gasteiger partial charge on any atom is 0.242 e. The lowest BCUT2D eigenvalue weighted by Gasteiger charge is -2.12. The maximum absolute atomic E-state index is 12.5. The van der Waals surface area contributed by atoms with Crippen LogP contribution in [0.25, 0.3) is 28.6 Å². The van der Waals surface area contributed by atoms with E-state index in [2.05, 4.69) is 25.7 Å². The molecule has 5 heterocycles. The van der Waals surface area contributed by atoms with Crippen LogP contribution in [0.1, 0.15) is 12.8 Å². The van der Waals surface area contributed by atoms with Gasteiger partial charge < -0.3 is 19.9 Å². The van der Waals surface area contributed by atoms with Gasteiger partial charge in [-0.3, -0.25) is 4.79 Å². The number of anilines is 1. The van der Waals surface area contributed by atoms with E-state index in [-0.39, 0.29) is 11.9 Å². The van der Waals surface area contributed by atoms with E-state index in [1.807, 2.05) is 35.0 Å². The number of fused-ring (bicyclic) bond motifs is 3. The van der Waals surface area contributed by atoms with Crippen molar-refractivity contribution in [3.05, 3.63) is 54.1 Å². The van der Waals surface area contributed by atoms with Crippen molar-refractivity contribution in [1.82, 2.24) is 34.6 Å². The van der Waals surface area contributed by atoms with Crippen LogP contribution in [0.4, 0.5) is 5.82 Å². The molecule has 11 heteroatoms. The SMILES string of the molecule is O=C(Nc1cc2c(cn1)-c1nc(-c3ncnn3-c3ccccc3Cl)cn1CCO2)[C@@H]1CCCN1. The Morgan fingerprint density at radius 2 is 2.15 bits per heavy atom. The first kappa shape index (κ1) is 20.8. The highest BCUT2D eigenvalue weighted by atomic mass is 35.5. The smallest absolute Gasteiger partial charge is 0.242 e. The Labute approximate surface area is 200 Å². The fraction of sp³-hybridized carbons (Fsp3) is 0.261. The summed E-state index contributed by atoms with van der Waals surface area (Å²) < 4.78 is 9.64. The molecule has 0 bridgehead atoms. The molecule has 1 aromatic carbocycles. The monoisotopic (exact) mass is 476 g/mol. The molecular formula is C23H21ClN8O2. The highest BCUT2D eigenvalue weighted by molar-refractivity contribution is 6.32. The van der Waals surface area contributed by atoms with Gasteiger partial charge in [-0.15, -0.1) is 0 Å². The Hall–Kier alpha value is -3.76. The molecule has 1 atom stereocenters.